The number of thiazole rings is 1. The van der Waals surface area contributed by atoms with E-state index in [2.05, 4.69) is 4.98 Å². The van der Waals surface area contributed by atoms with Gasteiger partial charge in [-0.1, -0.05) is 0 Å². The van der Waals surface area contributed by atoms with Gasteiger partial charge in [0.1, 0.15) is 5.92 Å². The zero-order chi connectivity index (χ0) is 10.8. The molecule has 0 N–H and O–H groups in total. The lowest BCUT2D eigenvalue weighted by atomic mass is 9.91. The molecule has 0 aliphatic heterocycles. The van der Waals surface area contributed by atoms with E-state index in [-0.39, 0.29) is 11.9 Å². The Morgan fingerprint density at radius 2 is 2.47 bits per heavy atom. The van der Waals surface area contributed by atoms with Crippen molar-refractivity contribution in [2.45, 2.75) is 39.0 Å². The van der Waals surface area contributed by atoms with Crippen LogP contribution in [0.5, 0.6) is 0 Å². The lowest BCUT2D eigenvalue weighted by molar-refractivity contribution is -0.145. The fourth-order valence-corrected chi connectivity index (χ4v) is 3.05. The van der Waals surface area contributed by atoms with Gasteiger partial charge in [-0.15, -0.1) is 11.3 Å². The van der Waals surface area contributed by atoms with E-state index >= 15 is 0 Å². The van der Waals surface area contributed by atoms with Crippen LogP contribution < -0.4 is 0 Å². The van der Waals surface area contributed by atoms with Crippen LogP contribution in [-0.2, 0) is 16.0 Å². The van der Waals surface area contributed by atoms with E-state index in [0.717, 1.165) is 30.0 Å². The molecule has 1 aromatic rings. The highest BCUT2D eigenvalue weighted by molar-refractivity contribution is 7.11. The Kier molecular flexibility index (Phi) is 3.05. The predicted octanol–water partition coefficient (Wildman–Crippen LogP) is 2.43. The number of ether oxygens (including phenoxy) is 1. The Labute approximate surface area is 93.5 Å². The van der Waals surface area contributed by atoms with Gasteiger partial charge < -0.3 is 4.74 Å². The molecule has 0 fully saturated rings. The van der Waals surface area contributed by atoms with E-state index < -0.39 is 0 Å². The highest BCUT2D eigenvalue weighted by atomic mass is 32.1. The summed E-state index contributed by atoms with van der Waals surface area (Å²) in [7, 11) is 0. The quantitative estimate of drug-likeness (QED) is 0.726. The van der Waals surface area contributed by atoms with Gasteiger partial charge in [-0.3, -0.25) is 4.79 Å². The molecule has 0 saturated carbocycles. The summed E-state index contributed by atoms with van der Waals surface area (Å²) in [5.74, 6) is -0.220. The third-order valence-corrected chi connectivity index (χ3v) is 3.68. The van der Waals surface area contributed by atoms with Gasteiger partial charge in [0.15, 0.2) is 0 Å². The minimum atomic E-state index is -0.112. The second-order valence-corrected chi connectivity index (χ2v) is 5.03. The number of rotatable bonds is 2. The van der Waals surface area contributed by atoms with E-state index in [9.17, 15) is 4.79 Å². The molecular formula is C11H15NO2S. The second-order valence-electron chi connectivity index (χ2n) is 3.74. The summed E-state index contributed by atoms with van der Waals surface area (Å²) in [5, 5.41) is 1.05. The lowest BCUT2D eigenvalue weighted by Crippen LogP contribution is -2.20. The highest BCUT2D eigenvalue weighted by Crippen LogP contribution is 2.35. The molecule has 0 aromatic carbocycles. The summed E-state index contributed by atoms with van der Waals surface area (Å²) in [6, 6.07) is 0. The molecule has 0 amide bonds. The minimum Gasteiger partial charge on any atom is -0.465 e. The van der Waals surface area contributed by atoms with Crippen molar-refractivity contribution in [3.63, 3.8) is 0 Å². The fraction of sp³-hybridized carbons (Fsp3) is 0.636. The van der Waals surface area contributed by atoms with E-state index in [1.165, 1.54) is 4.88 Å². The van der Waals surface area contributed by atoms with E-state index in [1.807, 2.05) is 13.8 Å². The molecule has 0 radical (unpaired) electrons. The first-order valence-electron chi connectivity index (χ1n) is 5.35. The molecule has 0 bridgehead atoms. The number of esters is 1. The van der Waals surface area contributed by atoms with Crippen molar-refractivity contribution >= 4 is 17.3 Å². The maximum atomic E-state index is 11.7. The Morgan fingerprint density at radius 1 is 1.67 bits per heavy atom. The molecule has 1 aliphatic carbocycles. The molecule has 1 aromatic heterocycles. The van der Waals surface area contributed by atoms with Crippen molar-refractivity contribution in [2.75, 3.05) is 6.61 Å². The fourth-order valence-electron chi connectivity index (χ4n) is 2.01. The van der Waals surface area contributed by atoms with Gasteiger partial charge in [0.2, 0.25) is 0 Å². The molecule has 15 heavy (non-hydrogen) atoms. The molecule has 1 aliphatic rings. The Balaban J connectivity index is 2.25. The van der Waals surface area contributed by atoms with Crippen LogP contribution in [-0.4, -0.2) is 17.6 Å². The average molecular weight is 225 g/mol. The van der Waals surface area contributed by atoms with Gasteiger partial charge >= 0.3 is 5.97 Å². The van der Waals surface area contributed by atoms with Crippen LogP contribution in [0.25, 0.3) is 0 Å². The number of aryl methyl sites for hydroxylation is 2. The molecule has 2 rings (SSSR count). The Hall–Kier alpha value is -0.900. The maximum Gasteiger partial charge on any atom is 0.315 e. The predicted molar refractivity (Wildman–Crippen MR) is 59.2 cm³/mol. The van der Waals surface area contributed by atoms with Gasteiger partial charge in [0, 0.05) is 4.88 Å². The van der Waals surface area contributed by atoms with Crippen molar-refractivity contribution in [1.29, 1.82) is 0 Å². The van der Waals surface area contributed by atoms with Gasteiger partial charge in [0.25, 0.3) is 0 Å². The summed E-state index contributed by atoms with van der Waals surface area (Å²) in [5.41, 5.74) is 0.974. The molecule has 4 heteroatoms. The molecule has 82 valence electrons. The Morgan fingerprint density at radius 3 is 3.20 bits per heavy atom. The third kappa shape index (κ3) is 2.04. The largest absolute Gasteiger partial charge is 0.465 e. The SMILES string of the molecule is CCOC(=O)C1CCCc2sc(C)nc21. The lowest BCUT2D eigenvalue weighted by Gasteiger charge is -2.19. The molecule has 3 nitrogen and oxygen atoms in total. The van der Waals surface area contributed by atoms with Crippen LogP contribution in [0.1, 0.15) is 41.3 Å². The van der Waals surface area contributed by atoms with Crippen LogP contribution >= 0.6 is 11.3 Å². The van der Waals surface area contributed by atoms with Crippen LogP contribution in [0, 0.1) is 6.92 Å². The average Bonchev–Trinajstić information content (AvgIpc) is 2.57. The number of carbonyl (C=O) groups is 1. The van der Waals surface area contributed by atoms with E-state index in [1.54, 1.807) is 11.3 Å². The monoisotopic (exact) mass is 225 g/mol. The zero-order valence-electron chi connectivity index (χ0n) is 9.08. The highest BCUT2D eigenvalue weighted by Gasteiger charge is 2.30. The molecule has 1 unspecified atom stereocenters. The zero-order valence-corrected chi connectivity index (χ0v) is 9.89. The first-order valence-corrected chi connectivity index (χ1v) is 6.17. The van der Waals surface area contributed by atoms with Crippen molar-refractivity contribution in [1.82, 2.24) is 4.98 Å². The van der Waals surface area contributed by atoms with Crippen molar-refractivity contribution < 1.29 is 9.53 Å². The standard InChI is InChI=1S/C11H15NO2S/c1-3-14-11(13)8-5-4-6-9-10(8)12-7(2)15-9/h8H,3-6H2,1-2H3. The van der Waals surface area contributed by atoms with Gasteiger partial charge in [0.05, 0.1) is 17.3 Å². The summed E-state index contributed by atoms with van der Waals surface area (Å²) < 4.78 is 5.07. The van der Waals surface area contributed by atoms with Crippen molar-refractivity contribution in [2.24, 2.45) is 0 Å². The van der Waals surface area contributed by atoms with Gasteiger partial charge in [-0.2, -0.15) is 0 Å². The molecular weight excluding hydrogens is 210 g/mol. The minimum absolute atomic E-state index is 0.108. The topological polar surface area (TPSA) is 39.2 Å². The number of aromatic nitrogens is 1. The summed E-state index contributed by atoms with van der Waals surface area (Å²) in [6.45, 7) is 4.28. The van der Waals surface area contributed by atoms with Gasteiger partial charge in [-0.25, -0.2) is 4.98 Å². The van der Waals surface area contributed by atoms with Crippen molar-refractivity contribution in [3.8, 4) is 0 Å². The third-order valence-electron chi connectivity index (χ3n) is 2.63. The number of hydrogen-bond acceptors (Lipinski definition) is 4. The summed E-state index contributed by atoms with van der Waals surface area (Å²) >= 11 is 1.71. The van der Waals surface area contributed by atoms with Gasteiger partial charge in [-0.05, 0) is 33.1 Å². The second kappa shape index (κ2) is 4.31. The Bertz CT molecular complexity index is 373. The van der Waals surface area contributed by atoms with Crippen LogP contribution in [0.4, 0.5) is 0 Å². The number of fused-ring (bicyclic) bond motifs is 1. The van der Waals surface area contributed by atoms with Crippen LogP contribution in [0.3, 0.4) is 0 Å². The number of carbonyl (C=O) groups excluding carboxylic acids is 1. The van der Waals surface area contributed by atoms with Crippen molar-refractivity contribution in [3.05, 3.63) is 15.6 Å². The van der Waals surface area contributed by atoms with E-state index in [4.69, 9.17) is 4.74 Å². The smallest absolute Gasteiger partial charge is 0.315 e. The first-order chi connectivity index (χ1) is 7.22. The summed E-state index contributed by atoms with van der Waals surface area (Å²) in [4.78, 5) is 17.4. The molecule has 0 spiro atoms. The molecule has 1 atom stereocenters. The molecule has 0 saturated heterocycles. The van der Waals surface area contributed by atoms with Crippen LogP contribution in [0.15, 0.2) is 0 Å². The van der Waals surface area contributed by atoms with Crippen LogP contribution in [0.2, 0.25) is 0 Å². The number of hydrogen-bond donors (Lipinski definition) is 0. The number of nitrogens with zero attached hydrogens (tertiary/aromatic N) is 1. The maximum absolute atomic E-state index is 11.7. The summed E-state index contributed by atoms with van der Waals surface area (Å²) in [6.07, 6.45) is 3.02. The first kappa shape index (κ1) is 10.6. The van der Waals surface area contributed by atoms with E-state index in [0.29, 0.717) is 6.61 Å². The normalized spacial score (nSPS) is 19.7. The molecule has 1 heterocycles.